The van der Waals surface area contributed by atoms with Gasteiger partial charge in [0, 0.05) is 12.1 Å². The van der Waals surface area contributed by atoms with Gasteiger partial charge in [0.1, 0.15) is 0 Å². The van der Waals surface area contributed by atoms with Crippen LogP contribution in [0.25, 0.3) is 0 Å². The molecule has 0 spiro atoms. The molecule has 1 aromatic carbocycles. The molecule has 1 aromatic rings. The molecule has 0 bridgehead atoms. The number of amides is 1. The predicted octanol–water partition coefficient (Wildman–Crippen LogP) is 3.46. The van der Waals surface area contributed by atoms with Crippen molar-refractivity contribution >= 4 is 29.1 Å². The first-order chi connectivity index (χ1) is 8.04. The molecular weight excluding hydrogens is 264 g/mol. The Balaban J connectivity index is 2.41. The Morgan fingerprint density at radius 2 is 2.00 bits per heavy atom. The van der Waals surface area contributed by atoms with Crippen molar-refractivity contribution in [2.24, 2.45) is 0 Å². The van der Waals surface area contributed by atoms with Gasteiger partial charge in [-0.3, -0.25) is 4.79 Å². The Morgan fingerprint density at radius 1 is 1.24 bits per heavy atom. The Labute approximate surface area is 109 Å². The number of rotatable bonds is 1. The van der Waals surface area contributed by atoms with E-state index >= 15 is 0 Å². The molecular formula is C12H12Cl2FNO. The van der Waals surface area contributed by atoms with Crippen LogP contribution in [0.1, 0.15) is 24.8 Å². The number of carbonyl (C=O) groups excluding carboxylic acids is 1. The first kappa shape index (κ1) is 12.7. The number of alkyl halides is 1. The fraction of sp³-hybridized carbons (Fsp3) is 0.417. The molecule has 5 heteroatoms. The standard InChI is InChI=1S/C12H12Cl2FNO/c13-9-4-3-8(7-10(9)14)12(15)5-1-2-6-16-11(12)17/h3-4,7H,1-2,5-6H2,(H,16,17). The molecule has 0 saturated carbocycles. The highest BCUT2D eigenvalue weighted by molar-refractivity contribution is 6.42. The maximum absolute atomic E-state index is 14.8. The number of benzene rings is 1. The van der Waals surface area contributed by atoms with Crippen LogP contribution in [0, 0.1) is 0 Å². The van der Waals surface area contributed by atoms with E-state index in [4.69, 9.17) is 23.2 Å². The maximum atomic E-state index is 14.8. The van der Waals surface area contributed by atoms with Gasteiger partial charge < -0.3 is 5.32 Å². The fourth-order valence-electron chi connectivity index (χ4n) is 1.97. The molecule has 0 aliphatic carbocycles. The lowest BCUT2D eigenvalue weighted by atomic mass is 9.90. The second-order valence-corrected chi connectivity index (χ2v) is 4.96. The molecule has 92 valence electrons. The van der Waals surface area contributed by atoms with E-state index in [0.717, 1.165) is 6.42 Å². The van der Waals surface area contributed by atoms with Crippen LogP contribution < -0.4 is 5.32 Å². The summed E-state index contributed by atoms with van der Waals surface area (Å²) in [4.78, 5) is 11.8. The van der Waals surface area contributed by atoms with Crippen molar-refractivity contribution in [3.8, 4) is 0 Å². The summed E-state index contributed by atoms with van der Waals surface area (Å²) in [6, 6.07) is 4.45. The van der Waals surface area contributed by atoms with Crippen LogP contribution in [0.3, 0.4) is 0 Å². The summed E-state index contributed by atoms with van der Waals surface area (Å²) in [5.41, 5.74) is -1.73. The van der Waals surface area contributed by atoms with Gasteiger partial charge in [0.2, 0.25) is 5.67 Å². The van der Waals surface area contributed by atoms with Crippen LogP contribution in [0.5, 0.6) is 0 Å². The van der Waals surface area contributed by atoms with Crippen molar-refractivity contribution in [2.75, 3.05) is 6.54 Å². The smallest absolute Gasteiger partial charge is 0.262 e. The van der Waals surface area contributed by atoms with E-state index in [2.05, 4.69) is 5.32 Å². The molecule has 1 aliphatic rings. The van der Waals surface area contributed by atoms with E-state index in [0.29, 0.717) is 18.0 Å². The van der Waals surface area contributed by atoms with Gasteiger partial charge in [-0.25, -0.2) is 4.39 Å². The number of halogens is 3. The van der Waals surface area contributed by atoms with Crippen molar-refractivity contribution in [2.45, 2.75) is 24.9 Å². The van der Waals surface area contributed by atoms with Crippen molar-refractivity contribution in [1.29, 1.82) is 0 Å². The summed E-state index contributed by atoms with van der Waals surface area (Å²) < 4.78 is 14.8. The Bertz CT molecular complexity index is 452. The van der Waals surface area contributed by atoms with Gasteiger partial charge in [0.05, 0.1) is 10.0 Å². The molecule has 1 atom stereocenters. The highest BCUT2D eigenvalue weighted by atomic mass is 35.5. The van der Waals surface area contributed by atoms with Crippen LogP contribution >= 0.6 is 23.2 Å². The van der Waals surface area contributed by atoms with Gasteiger partial charge in [-0.2, -0.15) is 0 Å². The van der Waals surface area contributed by atoms with Crippen LogP contribution in [0.2, 0.25) is 10.0 Å². The van der Waals surface area contributed by atoms with Crippen LogP contribution in [-0.4, -0.2) is 12.5 Å². The van der Waals surface area contributed by atoms with E-state index in [1.54, 1.807) is 0 Å². The molecule has 1 amide bonds. The lowest BCUT2D eigenvalue weighted by molar-refractivity contribution is -0.133. The zero-order valence-corrected chi connectivity index (χ0v) is 10.6. The normalized spacial score (nSPS) is 25.2. The van der Waals surface area contributed by atoms with E-state index in [1.807, 2.05) is 0 Å². The molecule has 1 unspecified atom stereocenters. The van der Waals surface area contributed by atoms with E-state index in [9.17, 15) is 9.18 Å². The molecule has 1 fully saturated rings. The second kappa shape index (κ2) is 4.83. The fourth-order valence-corrected chi connectivity index (χ4v) is 2.27. The lowest BCUT2D eigenvalue weighted by Crippen LogP contribution is -2.39. The summed E-state index contributed by atoms with van der Waals surface area (Å²) in [5.74, 6) is -0.589. The summed E-state index contributed by atoms with van der Waals surface area (Å²) in [5, 5.41) is 3.19. The van der Waals surface area contributed by atoms with Crippen molar-refractivity contribution in [3.05, 3.63) is 33.8 Å². The highest BCUT2D eigenvalue weighted by Gasteiger charge is 2.41. The Hall–Kier alpha value is -0.800. The SMILES string of the molecule is O=C1NCCCCC1(F)c1ccc(Cl)c(Cl)c1. The quantitative estimate of drug-likeness (QED) is 0.836. The Morgan fingerprint density at radius 3 is 2.71 bits per heavy atom. The number of hydrogen-bond acceptors (Lipinski definition) is 1. The van der Waals surface area contributed by atoms with Gasteiger partial charge >= 0.3 is 0 Å². The van der Waals surface area contributed by atoms with Crippen LogP contribution in [0.4, 0.5) is 4.39 Å². The van der Waals surface area contributed by atoms with Gasteiger partial charge in [0.15, 0.2) is 0 Å². The van der Waals surface area contributed by atoms with Crippen molar-refractivity contribution < 1.29 is 9.18 Å². The predicted molar refractivity (Wildman–Crippen MR) is 66.1 cm³/mol. The van der Waals surface area contributed by atoms with Crippen molar-refractivity contribution in [1.82, 2.24) is 5.32 Å². The average Bonchev–Trinajstić information content (AvgIpc) is 2.47. The molecule has 0 radical (unpaired) electrons. The Kier molecular flexibility index (Phi) is 3.59. The van der Waals surface area contributed by atoms with E-state index < -0.39 is 11.6 Å². The first-order valence-corrected chi connectivity index (χ1v) is 6.22. The number of nitrogens with one attached hydrogen (secondary N) is 1. The third-order valence-corrected chi connectivity index (χ3v) is 3.71. The zero-order valence-electron chi connectivity index (χ0n) is 9.10. The molecule has 17 heavy (non-hydrogen) atoms. The van der Waals surface area contributed by atoms with Crippen LogP contribution in [0.15, 0.2) is 18.2 Å². The number of carbonyl (C=O) groups is 1. The van der Waals surface area contributed by atoms with Crippen LogP contribution in [-0.2, 0) is 10.5 Å². The molecule has 1 aliphatic heterocycles. The monoisotopic (exact) mass is 275 g/mol. The van der Waals surface area contributed by atoms with Gasteiger partial charge in [0.25, 0.3) is 5.91 Å². The summed E-state index contributed by atoms with van der Waals surface area (Å²) in [7, 11) is 0. The molecule has 2 nitrogen and oxygen atoms in total. The average molecular weight is 276 g/mol. The minimum Gasteiger partial charge on any atom is -0.353 e. The third kappa shape index (κ3) is 2.40. The molecule has 1 heterocycles. The third-order valence-electron chi connectivity index (χ3n) is 2.97. The van der Waals surface area contributed by atoms with Crippen molar-refractivity contribution in [3.63, 3.8) is 0 Å². The summed E-state index contributed by atoms with van der Waals surface area (Å²) in [6.07, 6.45) is 1.63. The summed E-state index contributed by atoms with van der Waals surface area (Å²) >= 11 is 11.6. The minimum atomic E-state index is -2.00. The first-order valence-electron chi connectivity index (χ1n) is 5.47. The summed E-state index contributed by atoms with van der Waals surface area (Å²) in [6.45, 7) is 0.520. The largest absolute Gasteiger partial charge is 0.353 e. The zero-order chi connectivity index (χ0) is 12.5. The van der Waals surface area contributed by atoms with Gasteiger partial charge in [-0.1, -0.05) is 29.3 Å². The second-order valence-electron chi connectivity index (χ2n) is 4.14. The topological polar surface area (TPSA) is 29.1 Å². The minimum absolute atomic E-state index is 0.177. The molecule has 2 rings (SSSR count). The van der Waals surface area contributed by atoms with E-state index in [1.165, 1.54) is 18.2 Å². The molecule has 1 N–H and O–H groups in total. The lowest BCUT2D eigenvalue weighted by Gasteiger charge is -2.22. The maximum Gasteiger partial charge on any atom is 0.262 e. The molecule has 0 aromatic heterocycles. The van der Waals surface area contributed by atoms with E-state index in [-0.39, 0.29) is 17.0 Å². The molecule has 1 saturated heterocycles. The number of hydrogen-bond donors (Lipinski definition) is 1. The van der Waals surface area contributed by atoms with Gasteiger partial charge in [-0.05, 0) is 31.4 Å². The van der Waals surface area contributed by atoms with Gasteiger partial charge in [-0.15, -0.1) is 0 Å². The highest BCUT2D eigenvalue weighted by Crippen LogP contribution is 2.36.